The Morgan fingerprint density at radius 1 is 1.70 bits per heavy atom. The summed E-state index contributed by atoms with van der Waals surface area (Å²) in [5.74, 6) is 0. The van der Waals surface area contributed by atoms with E-state index in [1.807, 2.05) is 13.0 Å². The van der Waals surface area contributed by atoms with Gasteiger partial charge in [-0.3, -0.25) is 4.98 Å². The summed E-state index contributed by atoms with van der Waals surface area (Å²) in [7, 11) is 0. The smallest absolute Gasteiger partial charge is 0.0574 e. The summed E-state index contributed by atoms with van der Waals surface area (Å²) in [6, 6.07) is 1.91. The lowest BCUT2D eigenvalue weighted by atomic mass is 10.2. The Kier molecular flexibility index (Phi) is 1.71. The third kappa shape index (κ3) is 1.16. The predicted octanol–water partition coefficient (Wildman–Crippen LogP) is 1.62. The van der Waals surface area contributed by atoms with Gasteiger partial charge in [-0.1, -0.05) is 12.7 Å². The van der Waals surface area contributed by atoms with Gasteiger partial charge in [-0.2, -0.15) is 0 Å². The summed E-state index contributed by atoms with van der Waals surface area (Å²) in [4.78, 5) is 4.01. The van der Waals surface area contributed by atoms with Crippen molar-refractivity contribution in [3.8, 4) is 0 Å². The molecule has 10 heavy (non-hydrogen) atoms. The Balaban J connectivity index is 3.21. The van der Waals surface area contributed by atoms with E-state index in [0.29, 0.717) is 5.69 Å². The van der Waals surface area contributed by atoms with Gasteiger partial charge in [0, 0.05) is 11.3 Å². The maximum atomic E-state index is 5.57. The monoisotopic (exact) mass is 134 g/mol. The van der Waals surface area contributed by atoms with Crippen LogP contribution < -0.4 is 5.73 Å². The number of hydrogen-bond donors (Lipinski definition) is 1. The summed E-state index contributed by atoms with van der Waals surface area (Å²) < 4.78 is 0. The van der Waals surface area contributed by atoms with Gasteiger partial charge in [-0.05, 0) is 13.0 Å². The van der Waals surface area contributed by atoms with Crippen molar-refractivity contribution in [1.82, 2.24) is 4.98 Å². The van der Waals surface area contributed by atoms with E-state index in [2.05, 4.69) is 11.6 Å². The first-order valence-corrected chi connectivity index (χ1v) is 3.08. The minimum absolute atomic E-state index is 0.681. The molecule has 52 valence electrons. The van der Waals surface area contributed by atoms with Crippen LogP contribution in [-0.2, 0) is 0 Å². The fourth-order valence-electron chi connectivity index (χ4n) is 0.768. The minimum atomic E-state index is 0.681. The molecule has 0 saturated carbocycles. The topological polar surface area (TPSA) is 38.9 Å². The molecule has 1 heterocycles. The van der Waals surface area contributed by atoms with E-state index in [9.17, 15) is 0 Å². The van der Waals surface area contributed by atoms with E-state index in [4.69, 9.17) is 5.73 Å². The number of pyridine rings is 1. The van der Waals surface area contributed by atoms with E-state index < -0.39 is 0 Å². The molecule has 0 saturated heterocycles. The number of aryl methyl sites for hydroxylation is 1. The van der Waals surface area contributed by atoms with Crippen LogP contribution in [0, 0.1) is 6.92 Å². The van der Waals surface area contributed by atoms with Gasteiger partial charge >= 0.3 is 0 Å². The second-order valence-electron chi connectivity index (χ2n) is 2.16. The molecule has 1 aromatic rings. The Labute approximate surface area is 60.4 Å². The highest BCUT2D eigenvalue weighted by Gasteiger charge is 1.93. The normalized spacial score (nSPS) is 9.30. The number of nitrogen functional groups attached to an aromatic ring is 1. The van der Waals surface area contributed by atoms with Crippen molar-refractivity contribution in [2.24, 2.45) is 0 Å². The number of aromatic nitrogens is 1. The van der Waals surface area contributed by atoms with Gasteiger partial charge in [-0.25, -0.2) is 0 Å². The van der Waals surface area contributed by atoms with Crippen LogP contribution in [0.5, 0.6) is 0 Å². The average molecular weight is 134 g/mol. The van der Waals surface area contributed by atoms with Gasteiger partial charge < -0.3 is 5.73 Å². The fourth-order valence-corrected chi connectivity index (χ4v) is 0.768. The first-order chi connectivity index (χ1) is 4.74. The molecular formula is C8H10N2. The molecule has 0 aliphatic rings. The summed E-state index contributed by atoms with van der Waals surface area (Å²) in [6.07, 6.45) is 3.37. The van der Waals surface area contributed by atoms with E-state index in [-0.39, 0.29) is 0 Å². The van der Waals surface area contributed by atoms with E-state index in [1.165, 1.54) is 0 Å². The number of nitrogens with zero attached hydrogens (tertiary/aromatic N) is 1. The quantitative estimate of drug-likeness (QED) is 0.633. The van der Waals surface area contributed by atoms with Crippen molar-refractivity contribution in [2.75, 3.05) is 5.73 Å². The molecule has 0 aliphatic heterocycles. The zero-order valence-electron chi connectivity index (χ0n) is 5.96. The molecule has 1 rings (SSSR count). The summed E-state index contributed by atoms with van der Waals surface area (Å²) in [5.41, 5.74) is 8.16. The maximum absolute atomic E-state index is 5.57. The van der Waals surface area contributed by atoms with Crippen molar-refractivity contribution >= 4 is 11.8 Å². The molecule has 0 aromatic carbocycles. The molecular weight excluding hydrogens is 124 g/mol. The average Bonchev–Trinajstić information content (AvgIpc) is 1.94. The second-order valence-corrected chi connectivity index (χ2v) is 2.16. The molecule has 0 atom stereocenters. The van der Waals surface area contributed by atoms with Crippen molar-refractivity contribution < 1.29 is 0 Å². The number of hydrogen-bond acceptors (Lipinski definition) is 2. The molecule has 0 fully saturated rings. The van der Waals surface area contributed by atoms with Crippen molar-refractivity contribution in [2.45, 2.75) is 6.92 Å². The van der Waals surface area contributed by atoms with Crippen LogP contribution in [0.3, 0.4) is 0 Å². The van der Waals surface area contributed by atoms with Crippen LogP contribution >= 0.6 is 0 Å². The Morgan fingerprint density at radius 2 is 2.40 bits per heavy atom. The highest BCUT2D eigenvalue weighted by Crippen LogP contribution is 2.11. The summed E-state index contributed by atoms with van der Waals surface area (Å²) >= 11 is 0. The highest BCUT2D eigenvalue weighted by atomic mass is 14.7. The largest absolute Gasteiger partial charge is 0.397 e. The van der Waals surface area contributed by atoms with Crippen LogP contribution in [0.2, 0.25) is 0 Å². The molecule has 2 heteroatoms. The van der Waals surface area contributed by atoms with E-state index >= 15 is 0 Å². The molecule has 1 aromatic heterocycles. The molecule has 2 N–H and O–H groups in total. The molecule has 2 nitrogen and oxygen atoms in total. The molecule has 0 aliphatic carbocycles. The first kappa shape index (κ1) is 6.81. The number of anilines is 1. The standard InChI is InChI=1S/C8H10N2/c1-3-7-4-6(2)10-5-8(7)9/h3-5H,1,9H2,2H3. The number of rotatable bonds is 1. The fraction of sp³-hybridized carbons (Fsp3) is 0.125. The van der Waals surface area contributed by atoms with E-state index in [1.54, 1.807) is 12.3 Å². The third-order valence-corrected chi connectivity index (χ3v) is 1.32. The van der Waals surface area contributed by atoms with Gasteiger partial charge in [0.05, 0.1) is 11.9 Å². The van der Waals surface area contributed by atoms with Crippen LogP contribution in [0.1, 0.15) is 11.3 Å². The van der Waals surface area contributed by atoms with Crippen LogP contribution in [0.25, 0.3) is 6.08 Å². The lowest BCUT2D eigenvalue weighted by molar-refractivity contribution is 1.20. The van der Waals surface area contributed by atoms with Gasteiger partial charge in [-0.15, -0.1) is 0 Å². The SMILES string of the molecule is C=Cc1cc(C)ncc1N. The first-order valence-electron chi connectivity index (χ1n) is 3.08. The molecule has 0 radical (unpaired) electrons. The lowest BCUT2D eigenvalue weighted by Gasteiger charge is -1.98. The second kappa shape index (κ2) is 2.52. The zero-order valence-corrected chi connectivity index (χ0v) is 5.96. The zero-order chi connectivity index (χ0) is 7.56. The van der Waals surface area contributed by atoms with Crippen molar-refractivity contribution in [3.63, 3.8) is 0 Å². The minimum Gasteiger partial charge on any atom is -0.397 e. The van der Waals surface area contributed by atoms with Crippen molar-refractivity contribution in [1.29, 1.82) is 0 Å². The predicted molar refractivity (Wildman–Crippen MR) is 43.5 cm³/mol. The Hall–Kier alpha value is -1.31. The van der Waals surface area contributed by atoms with Crippen LogP contribution in [-0.4, -0.2) is 4.98 Å². The van der Waals surface area contributed by atoms with Crippen LogP contribution in [0.15, 0.2) is 18.8 Å². The highest BCUT2D eigenvalue weighted by molar-refractivity contribution is 5.62. The van der Waals surface area contributed by atoms with Gasteiger partial charge in [0.15, 0.2) is 0 Å². The van der Waals surface area contributed by atoms with E-state index in [0.717, 1.165) is 11.3 Å². The third-order valence-electron chi connectivity index (χ3n) is 1.32. The van der Waals surface area contributed by atoms with Gasteiger partial charge in [0.2, 0.25) is 0 Å². The summed E-state index contributed by atoms with van der Waals surface area (Å²) in [5, 5.41) is 0. The van der Waals surface area contributed by atoms with Gasteiger partial charge in [0.25, 0.3) is 0 Å². The molecule has 0 bridgehead atoms. The maximum Gasteiger partial charge on any atom is 0.0574 e. The number of nitrogens with two attached hydrogens (primary N) is 1. The Morgan fingerprint density at radius 3 is 2.90 bits per heavy atom. The molecule has 0 unspecified atom stereocenters. The molecule has 0 spiro atoms. The summed E-state index contributed by atoms with van der Waals surface area (Å²) in [6.45, 7) is 5.55. The van der Waals surface area contributed by atoms with Gasteiger partial charge in [0.1, 0.15) is 0 Å². The Bertz CT molecular complexity index is 253. The van der Waals surface area contributed by atoms with Crippen molar-refractivity contribution in [3.05, 3.63) is 30.1 Å². The molecule has 0 amide bonds. The lowest BCUT2D eigenvalue weighted by Crippen LogP contribution is -1.91. The van der Waals surface area contributed by atoms with Crippen LogP contribution in [0.4, 0.5) is 5.69 Å².